The first-order valence-corrected chi connectivity index (χ1v) is 9.37. The highest BCUT2D eigenvalue weighted by atomic mass is 32.2. The van der Waals surface area contributed by atoms with Gasteiger partial charge in [0, 0.05) is 26.2 Å². The zero-order valence-electron chi connectivity index (χ0n) is 13.5. The molecule has 2 aromatic rings. The van der Waals surface area contributed by atoms with E-state index in [0.717, 1.165) is 10.8 Å². The number of sulfonamides is 1. The second-order valence-corrected chi connectivity index (χ2v) is 7.54. The van der Waals surface area contributed by atoms with E-state index < -0.39 is 10.0 Å². The van der Waals surface area contributed by atoms with Gasteiger partial charge in [0.2, 0.25) is 10.0 Å². The summed E-state index contributed by atoms with van der Waals surface area (Å²) in [6.45, 7) is 3.28. The zero-order valence-corrected chi connectivity index (χ0v) is 14.3. The number of hydrogen-bond donors (Lipinski definition) is 0. The number of carbonyl (C=O) groups is 1. The van der Waals surface area contributed by atoms with Gasteiger partial charge in [-0.15, -0.1) is 0 Å². The number of hydrogen-bond acceptors (Lipinski definition) is 4. The van der Waals surface area contributed by atoms with E-state index in [-0.39, 0.29) is 24.1 Å². The van der Waals surface area contributed by atoms with Gasteiger partial charge in [0.1, 0.15) is 0 Å². The summed E-state index contributed by atoms with van der Waals surface area (Å²) in [5.74, 6) is 0. The van der Waals surface area contributed by atoms with E-state index in [1.807, 2.05) is 30.3 Å². The number of ether oxygens (including phenoxy) is 1. The fourth-order valence-corrected chi connectivity index (χ4v) is 4.26. The highest BCUT2D eigenvalue weighted by Crippen LogP contribution is 2.22. The van der Waals surface area contributed by atoms with Crippen molar-refractivity contribution >= 4 is 26.9 Å². The molecule has 1 heterocycles. The van der Waals surface area contributed by atoms with Crippen molar-refractivity contribution in [1.82, 2.24) is 9.21 Å². The van der Waals surface area contributed by atoms with Gasteiger partial charge in [-0.25, -0.2) is 13.2 Å². The average Bonchev–Trinajstić information content (AvgIpc) is 2.61. The van der Waals surface area contributed by atoms with Crippen molar-refractivity contribution < 1.29 is 17.9 Å². The molecule has 0 bridgehead atoms. The fourth-order valence-electron chi connectivity index (χ4n) is 2.80. The molecule has 0 aliphatic carbocycles. The molecule has 0 atom stereocenters. The van der Waals surface area contributed by atoms with Crippen LogP contribution in [0.1, 0.15) is 6.92 Å². The summed E-state index contributed by atoms with van der Waals surface area (Å²) in [6.07, 6.45) is -0.389. The van der Waals surface area contributed by atoms with E-state index in [1.165, 1.54) is 9.21 Å². The van der Waals surface area contributed by atoms with Gasteiger partial charge in [-0.2, -0.15) is 4.31 Å². The van der Waals surface area contributed by atoms with Crippen molar-refractivity contribution in [3.05, 3.63) is 42.5 Å². The summed E-state index contributed by atoms with van der Waals surface area (Å²) >= 11 is 0. The molecule has 0 unspecified atom stereocenters. The lowest BCUT2D eigenvalue weighted by Gasteiger charge is -2.33. The third kappa shape index (κ3) is 3.22. The first-order valence-electron chi connectivity index (χ1n) is 7.93. The van der Waals surface area contributed by atoms with Gasteiger partial charge >= 0.3 is 6.09 Å². The summed E-state index contributed by atoms with van der Waals surface area (Å²) < 4.78 is 32.0. The summed E-state index contributed by atoms with van der Waals surface area (Å²) in [5.41, 5.74) is 0. The molecule has 1 aliphatic heterocycles. The molecule has 0 radical (unpaired) electrons. The van der Waals surface area contributed by atoms with E-state index in [2.05, 4.69) is 0 Å². The standard InChI is InChI=1S/C17H20N2O4S/c1-2-23-17(20)18-9-11-19(12-10-18)24(21,22)16-8-7-14-5-3-4-6-15(14)13-16/h3-8,13H,2,9-12H2,1H3. The summed E-state index contributed by atoms with van der Waals surface area (Å²) in [4.78, 5) is 13.5. The molecule has 0 N–H and O–H groups in total. The molecule has 3 rings (SSSR count). The molecule has 0 saturated carbocycles. The number of rotatable bonds is 3. The Hall–Kier alpha value is -2.12. The maximum Gasteiger partial charge on any atom is 0.409 e. The lowest BCUT2D eigenvalue weighted by molar-refractivity contribution is 0.0934. The molecule has 1 aliphatic rings. The van der Waals surface area contributed by atoms with Crippen LogP contribution in [0.3, 0.4) is 0 Å². The predicted octanol–water partition coefficient (Wildman–Crippen LogP) is 2.30. The molecule has 2 aromatic carbocycles. The Labute approximate surface area is 141 Å². The Morgan fingerprint density at radius 1 is 1.04 bits per heavy atom. The van der Waals surface area contributed by atoms with Crippen molar-refractivity contribution in [2.24, 2.45) is 0 Å². The smallest absolute Gasteiger partial charge is 0.409 e. The summed E-state index contributed by atoms with van der Waals surface area (Å²) in [7, 11) is -3.56. The largest absolute Gasteiger partial charge is 0.450 e. The number of piperazine rings is 1. The van der Waals surface area contributed by atoms with Crippen LogP contribution in [0.5, 0.6) is 0 Å². The van der Waals surface area contributed by atoms with Crippen LogP contribution in [0, 0.1) is 0 Å². The maximum atomic E-state index is 12.8. The molecule has 6 nitrogen and oxygen atoms in total. The van der Waals surface area contributed by atoms with Crippen molar-refractivity contribution in [3.63, 3.8) is 0 Å². The van der Waals surface area contributed by atoms with Crippen molar-refractivity contribution in [1.29, 1.82) is 0 Å². The number of nitrogens with zero attached hydrogens (tertiary/aromatic N) is 2. The summed E-state index contributed by atoms with van der Waals surface area (Å²) in [6, 6.07) is 12.8. The molecule has 7 heteroatoms. The molecule has 0 spiro atoms. The lowest BCUT2D eigenvalue weighted by Crippen LogP contribution is -2.50. The van der Waals surface area contributed by atoms with Crippen LogP contribution in [0.15, 0.2) is 47.4 Å². The highest BCUT2D eigenvalue weighted by Gasteiger charge is 2.30. The van der Waals surface area contributed by atoms with Crippen molar-refractivity contribution in [2.45, 2.75) is 11.8 Å². The van der Waals surface area contributed by atoms with Crippen LogP contribution in [0.2, 0.25) is 0 Å². The molecule has 128 valence electrons. The summed E-state index contributed by atoms with van der Waals surface area (Å²) in [5, 5.41) is 1.90. The van der Waals surface area contributed by atoms with E-state index in [9.17, 15) is 13.2 Å². The van der Waals surface area contributed by atoms with Crippen molar-refractivity contribution in [3.8, 4) is 0 Å². The first-order chi connectivity index (χ1) is 11.5. The molecule has 1 saturated heterocycles. The highest BCUT2D eigenvalue weighted by molar-refractivity contribution is 7.89. The van der Waals surface area contributed by atoms with Crippen LogP contribution < -0.4 is 0 Å². The maximum absolute atomic E-state index is 12.8. The van der Waals surface area contributed by atoms with Gasteiger partial charge in [-0.1, -0.05) is 30.3 Å². The monoisotopic (exact) mass is 348 g/mol. The van der Waals surface area contributed by atoms with Crippen LogP contribution in [-0.4, -0.2) is 56.5 Å². The third-order valence-electron chi connectivity index (χ3n) is 4.12. The molecule has 1 amide bonds. The third-order valence-corrected chi connectivity index (χ3v) is 6.02. The van der Waals surface area contributed by atoms with Crippen LogP contribution in [-0.2, 0) is 14.8 Å². The lowest BCUT2D eigenvalue weighted by atomic mass is 10.1. The van der Waals surface area contributed by atoms with Crippen molar-refractivity contribution in [2.75, 3.05) is 32.8 Å². The minimum absolute atomic E-state index is 0.272. The Kier molecular flexibility index (Phi) is 4.73. The van der Waals surface area contributed by atoms with Crippen LogP contribution in [0.4, 0.5) is 4.79 Å². The number of benzene rings is 2. The van der Waals surface area contributed by atoms with Gasteiger partial charge < -0.3 is 9.64 Å². The SMILES string of the molecule is CCOC(=O)N1CCN(S(=O)(=O)c2ccc3ccccc3c2)CC1. The number of carbonyl (C=O) groups excluding carboxylic acids is 1. The minimum Gasteiger partial charge on any atom is -0.450 e. The Morgan fingerprint density at radius 2 is 1.71 bits per heavy atom. The Balaban J connectivity index is 1.77. The van der Waals surface area contributed by atoms with Gasteiger partial charge in [0.25, 0.3) is 0 Å². The Bertz CT molecular complexity index is 843. The molecular formula is C17H20N2O4S. The predicted molar refractivity (Wildman–Crippen MR) is 91.3 cm³/mol. The topological polar surface area (TPSA) is 66.9 Å². The number of amides is 1. The van der Waals surface area contributed by atoms with Gasteiger partial charge in [-0.3, -0.25) is 0 Å². The molecule has 0 aromatic heterocycles. The van der Waals surface area contributed by atoms with E-state index in [4.69, 9.17) is 4.74 Å². The van der Waals surface area contributed by atoms with Gasteiger partial charge in [-0.05, 0) is 29.8 Å². The van der Waals surface area contributed by atoms with Crippen LogP contribution >= 0.6 is 0 Å². The quantitative estimate of drug-likeness (QED) is 0.854. The first kappa shape index (κ1) is 16.7. The average molecular weight is 348 g/mol. The van der Waals surface area contributed by atoms with Crippen LogP contribution in [0.25, 0.3) is 10.8 Å². The second-order valence-electron chi connectivity index (χ2n) is 5.60. The zero-order chi connectivity index (χ0) is 17.2. The normalized spacial score (nSPS) is 16.3. The second kappa shape index (κ2) is 6.78. The van der Waals surface area contributed by atoms with E-state index >= 15 is 0 Å². The minimum atomic E-state index is -3.56. The molecule has 1 fully saturated rings. The molecule has 24 heavy (non-hydrogen) atoms. The fraction of sp³-hybridized carbons (Fsp3) is 0.353. The van der Waals surface area contributed by atoms with Gasteiger partial charge in [0.15, 0.2) is 0 Å². The number of fused-ring (bicyclic) bond motifs is 1. The molecular weight excluding hydrogens is 328 g/mol. The van der Waals surface area contributed by atoms with E-state index in [0.29, 0.717) is 19.7 Å². The Morgan fingerprint density at radius 3 is 2.38 bits per heavy atom. The van der Waals surface area contributed by atoms with E-state index in [1.54, 1.807) is 19.1 Å². The van der Waals surface area contributed by atoms with Gasteiger partial charge in [0.05, 0.1) is 11.5 Å².